The fraction of sp³-hybridized carbons (Fsp3) is 0.500. The molecular formula is C20H30ClN3O3. The molecule has 2 aromatic rings. The normalized spacial score (nSPS) is 11.6. The van der Waals surface area contributed by atoms with Crippen LogP contribution < -0.4 is 15.8 Å². The third kappa shape index (κ3) is 7.23. The molecule has 0 aliphatic carbocycles. The molecule has 6 nitrogen and oxygen atoms in total. The van der Waals surface area contributed by atoms with Crippen LogP contribution in [0.2, 0.25) is 0 Å². The van der Waals surface area contributed by atoms with Crippen LogP contribution in [0.5, 0.6) is 5.75 Å². The van der Waals surface area contributed by atoms with Crippen LogP contribution in [-0.4, -0.2) is 23.7 Å². The van der Waals surface area contributed by atoms with Crippen LogP contribution in [0.25, 0.3) is 0 Å². The van der Waals surface area contributed by atoms with Crippen LogP contribution in [0.15, 0.2) is 28.8 Å². The SMILES string of the molecule is CCCCC(CN)NC(=O)Cc1ccc(OCc2c(C)noc2C)cc1.Cl. The van der Waals surface area contributed by atoms with Crippen LogP contribution in [0.1, 0.15) is 48.8 Å². The van der Waals surface area contributed by atoms with Gasteiger partial charge in [0.2, 0.25) is 5.91 Å². The summed E-state index contributed by atoms with van der Waals surface area (Å²) in [5.74, 6) is 1.52. The summed E-state index contributed by atoms with van der Waals surface area (Å²) in [7, 11) is 0. The maximum atomic E-state index is 12.2. The Morgan fingerprint density at radius 1 is 1.30 bits per heavy atom. The average molecular weight is 396 g/mol. The fourth-order valence-electron chi connectivity index (χ4n) is 2.73. The summed E-state index contributed by atoms with van der Waals surface area (Å²) >= 11 is 0. The Hall–Kier alpha value is -2.05. The van der Waals surface area contributed by atoms with Gasteiger partial charge in [0.05, 0.1) is 17.7 Å². The van der Waals surface area contributed by atoms with E-state index in [-0.39, 0.29) is 24.4 Å². The Bertz CT molecular complexity index is 681. The molecule has 0 aliphatic heterocycles. The monoisotopic (exact) mass is 395 g/mol. The minimum Gasteiger partial charge on any atom is -0.489 e. The van der Waals surface area contributed by atoms with E-state index in [1.165, 1.54) is 0 Å². The minimum atomic E-state index is 0. The molecule has 1 unspecified atom stereocenters. The molecule has 1 aromatic carbocycles. The number of nitrogens with zero attached hydrogens (tertiary/aromatic N) is 1. The lowest BCUT2D eigenvalue weighted by molar-refractivity contribution is -0.121. The molecule has 1 amide bonds. The van der Waals surface area contributed by atoms with Gasteiger partial charge in [0.1, 0.15) is 18.1 Å². The van der Waals surface area contributed by atoms with E-state index in [2.05, 4.69) is 17.4 Å². The van der Waals surface area contributed by atoms with Gasteiger partial charge in [0.25, 0.3) is 0 Å². The van der Waals surface area contributed by atoms with E-state index in [0.717, 1.165) is 47.6 Å². The van der Waals surface area contributed by atoms with Gasteiger partial charge < -0.3 is 20.3 Å². The molecule has 150 valence electrons. The zero-order valence-corrected chi connectivity index (χ0v) is 17.1. The highest BCUT2D eigenvalue weighted by atomic mass is 35.5. The van der Waals surface area contributed by atoms with Crippen molar-refractivity contribution in [3.8, 4) is 5.75 Å². The second kappa shape index (κ2) is 11.6. The maximum Gasteiger partial charge on any atom is 0.224 e. The molecule has 27 heavy (non-hydrogen) atoms. The van der Waals surface area contributed by atoms with Gasteiger partial charge in [-0.3, -0.25) is 4.79 Å². The van der Waals surface area contributed by atoms with E-state index >= 15 is 0 Å². The number of nitrogens with two attached hydrogens (primary N) is 1. The van der Waals surface area contributed by atoms with Gasteiger partial charge in [0.15, 0.2) is 0 Å². The van der Waals surface area contributed by atoms with Gasteiger partial charge in [-0.05, 0) is 38.0 Å². The molecule has 1 heterocycles. The van der Waals surface area contributed by atoms with Crippen molar-refractivity contribution in [2.75, 3.05) is 6.54 Å². The van der Waals surface area contributed by atoms with Gasteiger partial charge >= 0.3 is 0 Å². The van der Waals surface area contributed by atoms with Crippen LogP contribution in [-0.2, 0) is 17.8 Å². The molecule has 0 fully saturated rings. The van der Waals surface area contributed by atoms with Crippen molar-refractivity contribution in [1.82, 2.24) is 10.5 Å². The number of aryl methyl sites for hydroxylation is 2. The van der Waals surface area contributed by atoms with Gasteiger partial charge in [0, 0.05) is 12.6 Å². The minimum absolute atomic E-state index is 0. The second-order valence-corrected chi connectivity index (χ2v) is 6.55. The van der Waals surface area contributed by atoms with Crippen molar-refractivity contribution >= 4 is 18.3 Å². The van der Waals surface area contributed by atoms with E-state index < -0.39 is 0 Å². The number of halogens is 1. The van der Waals surface area contributed by atoms with Crippen LogP contribution in [0.4, 0.5) is 0 Å². The molecule has 1 aromatic heterocycles. The number of carbonyl (C=O) groups excluding carboxylic acids is 1. The Balaban J connectivity index is 0.00000364. The van der Waals surface area contributed by atoms with Crippen molar-refractivity contribution in [3.63, 3.8) is 0 Å². The lowest BCUT2D eigenvalue weighted by Gasteiger charge is -2.16. The van der Waals surface area contributed by atoms with Crippen molar-refractivity contribution < 1.29 is 14.1 Å². The van der Waals surface area contributed by atoms with Crippen molar-refractivity contribution in [2.24, 2.45) is 5.73 Å². The smallest absolute Gasteiger partial charge is 0.224 e. The Morgan fingerprint density at radius 2 is 2.00 bits per heavy atom. The van der Waals surface area contributed by atoms with Crippen molar-refractivity contribution in [1.29, 1.82) is 0 Å². The first-order valence-electron chi connectivity index (χ1n) is 9.16. The first kappa shape index (κ1) is 23.0. The average Bonchev–Trinajstić information content (AvgIpc) is 2.96. The van der Waals surface area contributed by atoms with Crippen LogP contribution in [0, 0.1) is 13.8 Å². The largest absolute Gasteiger partial charge is 0.489 e. The molecule has 0 bridgehead atoms. The molecule has 0 aliphatic rings. The molecule has 2 rings (SSSR count). The molecular weight excluding hydrogens is 366 g/mol. The lowest BCUT2D eigenvalue weighted by Crippen LogP contribution is -2.40. The summed E-state index contributed by atoms with van der Waals surface area (Å²) < 4.78 is 10.9. The number of hydrogen-bond donors (Lipinski definition) is 2. The first-order valence-corrected chi connectivity index (χ1v) is 9.16. The molecule has 0 radical (unpaired) electrons. The summed E-state index contributed by atoms with van der Waals surface area (Å²) in [4.78, 5) is 12.2. The molecule has 7 heteroatoms. The summed E-state index contributed by atoms with van der Waals surface area (Å²) in [6.07, 6.45) is 3.43. The summed E-state index contributed by atoms with van der Waals surface area (Å²) in [5, 5.41) is 6.92. The van der Waals surface area contributed by atoms with Gasteiger partial charge in [-0.15, -0.1) is 12.4 Å². The van der Waals surface area contributed by atoms with E-state index in [9.17, 15) is 4.79 Å². The number of rotatable bonds is 10. The third-order valence-corrected chi connectivity index (χ3v) is 4.41. The molecule has 0 saturated carbocycles. The number of carbonyl (C=O) groups is 1. The highest BCUT2D eigenvalue weighted by Crippen LogP contribution is 2.18. The number of aromatic nitrogens is 1. The predicted molar refractivity (Wildman–Crippen MR) is 108 cm³/mol. The topological polar surface area (TPSA) is 90.4 Å². The zero-order chi connectivity index (χ0) is 18.9. The Labute approximate surface area is 167 Å². The van der Waals surface area contributed by atoms with E-state index in [1.54, 1.807) is 0 Å². The lowest BCUT2D eigenvalue weighted by atomic mass is 10.1. The molecule has 3 N–H and O–H groups in total. The van der Waals surface area contributed by atoms with E-state index in [4.69, 9.17) is 15.0 Å². The standard InChI is InChI=1S/C20H29N3O3.ClH/c1-4-5-6-17(12-21)22-20(24)11-16-7-9-18(10-8-16)25-13-19-14(2)23-26-15(19)3;/h7-10,17H,4-6,11-13,21H2,1-3H3,(H,22,24);1H. The van der Waals surface area contributed by atoms with Crippen LogP contribution >= 0.6 is 12.4 Å². The predicted octanol–water partition coefficient (Wildman–Crippen LogP) is 3.47. The molecule has 0 spiro atoms. The number of ether oxygens (including phenoxy) is 1. The highest BCUT2D eigenvalue weighted by Gasteiger charge is 2.12. The van der Waals surface area contributed by atoms with Gasteiger partial charge in [-0.1, -0.05) is 37.1 Å². The second-order valence-electron chi connectivity index (χ2n) is 6.55. The van der Waals surface area contributed by atoms with Crippen molar-refractivity contribution in [3.05, 3.63) is 46.8 Å². The maximum absolute atomic E-state index is 12.2. The molecule has 1 atom stereocenters. The number of benzene rings is 1. The number of nitrogens with one attached hydrogen (secondary N) is 1. The summed E-state index contributed by atoms with van der Waals surface area (Å²) in [6, 6.07) is 7.62. The fourth-order valence-corrected chi connectivity index (χ4v) is 2.73. The van der Waals surface area contributed by atoms with Crippen LogP contribution in [0.3, 0.4) is 0 Å². The van der Waals surface area contributed by atoms with Gasteiger partial charge in [-0.2, -0.15) is 0 Å². The first-order chi connectivity index (χ1) is 12.5. The van der Waals surface area contributed by atoms with E-state index in [0.29, 0.717) is 19.6 Å². The third-order valence-electron chi connectivity index (χ3n) is 4.41. The van der Waals surface area contributed by atoms with Crippen molar-refractivity contribution in [2.45, 2.75) is 59.1 Å². The highest BCUT2D eigenvalue weighted by molar-refractivity contribution is 5.85. The summed E-state index contributed by atoms with van der Waals surface area (Å²) in [6.45, 7) is 6.78. The van der Waals surface area contributed by atoms with Gasteiger partial charge in [-0.25, -0.2) is 0 Å². The molecule has 0 saturated heterocycles. The van der Waals surface area contributed by atoms with E-state index in [1.807, 2.05) is 38.1 Å². The number of amides is 1. The quantitative estimate of drug-likeness (QED) is 0.642. The Kier molecular flexibility index (Phi) is 9.89. The summed E-state index contributed by atoms with van der Waals surface area (Å²) in [5.41, 5.74) is 8.48. The number of hydrogen-bond acceptors (Lipinski definition) is 5. The number of unbranched alkanes of at least 4 members (excludes halogenated alkanes) is 1. The zero-order valence-electron chi connectivity index (χ0n) is 16.3. The Morgan fingerprint density at radius 3 is 2.56 bits per heavy atom.